The Balaban J connectivity index is 3.08. The number of hydrogen-bond donors (Lipinski definition) is 1. The van der Waals surface area contributed by atoms with E-state index in [1.165, 1.54) is 0 Å². The molecule has 0 saturated carbocycles. The van der Waals surface area contributed by atoms with Gasteiger partial charge in [-0.05, 0) is 0 Å². The monoisotopic (exact) mass is 193 g/mol. The Morgan fingerprint density at radius 3 is 2.46 bits per heavy atom. The van der Waals surface area contributed by atoms with Gasteiger partial charge in [0.1, 0.15) is 0 Å². The van der Waals surface area contributed by atoms with E-state index in [9.17, 15) is 22.5 Å². The molecule has 0 aliphatic heterocycles. The first-order valence-corrected chi connectivity index (χ1v) is 3.40. The number of aromatic amines is 1. The van der Waals surface area contributed by atoms with Gasteiger partial charge in [0.15, 0.2) is 0 Å². The Morgan fingerprint density at radius 1 is 1.31 bits per heavy atom. The summed E-state index contributed by atoms with van der Waals surface area (Å²) < 4.78 is 35.7. The van der Waals surface area contributed by atoms with Gasteiger partial charge < -0.3 is 12.9 Å². The predicted molar refractivity (Wildman–Crippen MR) is 40.4 cm³/mol. The molecule has 4 nitrogen and oxygen atoms in total. The normalized spacial score (nSPS) is 11.6. The number of halogens is 3. The number of hydrogen-bond acceptors (Lipinski definition) is 2. The zero-order valence-electron chi connectivity index (χ0n) is 6.34. The summed E-state index contributed by atoms with van der Waals surface area (Å²) in [5, 5.41) is 1.78. The fourth-order valence-corrected chi connectivity index (χ4v) is 0.805. The molecular weight excluding hydrogens is 188 g/mol. The third kappa shape index (κ3) is 2.81. The van der Waals surface area contributed by atoms with Crippen LogP contribution in [-0.4, -0.2) is 16.8 Å². The Morgan fingerprint density at radius 2 is 1.92 bits per heavy atom. The summed E-state index contributed by atoms with van der Waals surface area (Å²) in [7, 11) is 0. The number of nitrogens with zero attached hydrogens (tertiary/aromatic N) is 1. The maximum atomic E-state index is 11.8. The molecule has 0 saturated heterocycles. The van der Waals surface area contributed by atoms with Crippen molar-refractivity contribution >= 4 is 6.98 Å². The van der Waals surface area contributed by atoms with Crippen LogP contribution in [0.15, 0.2) is 21.7 Å². The first kappa shape index (κ1) is 9.62. The fraction of sp³-hybridized carbons (Fsp3) is 0.200. The lowest BCUT2D eigenvalue weighted by Crippen LogP contribution is -2.36. The highest BCUT2D eigenvalue weighted by molar-refractivity contribution is 6.57. The molecule has 0 amide bonds. The largest absolute Gasteiger partial charge is 0.499 e. The SMILES string of the molecule is O=c1ccc(=O)n(C[B-](F)(F)F)[nH]1. The van der Waals surface area contributed by atoms with Crippen LogP contribution < -0.4 is 11.1 Å². The number of rotatable bonds is 2. The molecule has 0 aromatic carbocycles. The summed E-state index contributed by atoms with van der Waals surface area (Å²) in [6.07, 6.45) is -1.42. The minimum Gasteiger partial charge on any atom is -0.448 e. The first-order valence-electron chi connectivity index (χ1n) is 3.40. The third-order valence-corrected chi connectivity index (χ3v) is 1.28. The summed E-state index contributed by atoms with van der Waals surface area (Å²) in [6.45, 7) is -5.12. The van der Waals surface area contributed by atoms with Gasteiger partial charge in [-0.15, -0.1) is 0 Å². The van der Waals surface area contributed by atoms with E-state index in [1.54, 1.807) is 5.10 Å². The maximum Gasteiger partial charge on any atom is 0.499 e. The van der Waals surface area contributed by atoms with Crippen molar-refractivity contribution in [1.29, 1.82) is 0 Å². The molecule has 0 radical (unpaired) electrons. The number of H-pyrrole nitrogens is 1. The van der Waals surface area contributed by atoms with Crippen molar-refractivity contribution in [1.82, 2.24) is 9.78 Å². The van der Waals surface area contributed by atoms with Gasteiger partial charge in [0.2, 0.25) is 0 Å². The minimum absolute atomic E-state index is 0.238. The quantitative estimate of drug-likeness (QED) is 0.667. The lowest BCUT2D eigenvalue weighted by atomic mass is 9.93. The van der Waals surface area contributed by atoms with Crippen LogP contribution in [0, 0.1) is 0 Å². The van der Waals surface area contributed by atoms with Gasteiger partial charge in [-0.1, -0.05) is 0 Å². The molecule has 1 rings (SSSR count). The molecule has 1 heterocycles. The van der Waals surface area contributed by atoms with Crippen molar-refractivity contribution < 1.29 is 12.9 Å². The molecule has 1 aromatic rings. The molecule has 0 aliphatic carbocycles. The highest BCUT2D eigenvalue weighted by Gasteiger charge is 2.24. The van der Waals surface area contributed by atoms with Crippen LogP contribution in [0.25, 0.3) is 0 Å². The fourth-order valence-electron chi connectivity index (χ4n) is 0.805. The van der Waals surface area contributed by atoms with Crippen LogP contribution in [0.3, 0.4) is 0 Å². The Kier molecular flexibility index (Phi) is 2.31. The summed E-state index contributed by atoms with van der Waals surface area (Å²) in [5.41, 5.74) is -1.61. The Labute approximate surface area is 70.0 Å². The molecule has 0 spiro atoms. The van der Waals surface area contributed by atoms with Gasteiger partial charge in [0.25, 0.3) is 11.1 Å². The highest BCUT2D eigenvalue weighted by Crippen LogP contribution is 2.08. The van der Waals surface area contributed by atoms with Crippen LogP contribution in [0.4, 0.5) is 12.9 Å². The summed E-state index contributed by atoms with van der Waals surface area (Å²) in [4.78, 5) is 21.3. The summed E-state index contributed by atoms with van der Waals surface area (Å²) in [5.74, 6) is 0. The summed E-state index contributed by atoms with van der Waals surface area (Å²) >= 11 is 0. The van der Waals surface area contributed by atoms with Gasteiger partial charge >= 0.3 is 6.98 Å². The van der Waals surface area contributed by atoms with E-state index in [-0.39, 0.29) is 4.68 Å². The van der Waals surface area contributed by atoms with E-state index < -0.39 is 24.5 Å². The summed E-state index contributed by atoms with van der Waals surface area (Å²) in [6, 6.07) is 1.67. The minimum atomic E-state index is -5.12. The van der Waals surface area contributed by atoms with Crippen molar-refractivity contribution in [3.8, 4) is 0 Å². The molecule has 8 heteroatoms. The van der Waals surface area contributed by atoms with Crippen LogP contribution in [0.1, 0.15) is 0 Å². The topological polar surface area (TPSA) is 54.9 Å². The van der Waals surface area contributed by atoms with Crippen LogP contribution in [0.5, 0.6) is 0 Å². The van der Waals surface area contributed by atoms with Crippen molar-refractivity contribution in [2.75, 3.05) is 0 Å². The van der Waals surface area contributed by atoms with Gasteiger partial charge in [-0.2, -0.15) is 0 Å². The van der Waals surface area contributed by atoms with Crippen LogP contribution in [-0.2, 0) is 6.44 Å². The molecule has 0 bridgehead atoms. The smallest absolute Gasteiger partial charge is 0.448 e. The van der Waals surface area contributed by atoms with Crippen LogP contribution in [0.2, 0.25) is 0 Å². The average molecular weight is 193 g/mol. The average Bonchev–Trinajstić information content (AvgIpc) is 1.94. The van der Waals surface area contributed by atoms with Crippen LogP contribution >= 0.6 is 0 Å². The van der Waals surface area contributed by atoms with Gasteiger partial charge in [-0.3, -0.25) is 19.4 Å². The lowest BCUT2D eigenvalue weighted by molar-refractivity contribution is 0.429. The third-order valence-electron chi connectivity index (χ3n) is 1.28. The van der Waals surface area contributed by atoms with Crippen molar-refractivity contribution in [3.05, 3.63) is 32.8 Å². The van der Waals surface area contributed by atoms with E-state index in [0.29, 0.717) is 0 Å². The standard InChI is InChI=1S/C5H5BF3N2O2/c7-6(8,9)3-11-5(13)2-1-4(12)10-11/h1-2H,3H2,(H,10,12)/q-1. The van der Waals surface area contributed by atoms with Gasteiger partial charge in [0.05, 0.1) is 0 Å². The van der Waals surface area contributed by atoms with E-state index in [2.05, 4.69) is 0 Å². The molecule has 0 aliphatic rings. The van der Waals surface area contributed by atoms with E-state index in [1.807, 2.05) is 0 Å². The molecule has 1 N–H and O–H groups in total. The Bertz CT molecular complexity index is 407. The molecule has 0 unspecified atom stereocenters. The maximum absolute atomic E-state index is 11.8. The van der Waals surface area contributed by atoms with E-state index >= 15 is 0 Å². The zero-order chi connectivity index (χ0) is 10.1. The first-order chi connectivity index (χ1) is 5.88. The van der Waals surface area contributed by atoms with E-state index in [0.717, 1.165) is 12.1 Å². The zero-order valence-corrected chi connectivity index (χ0v) is 6.34. The van der Waals surface area contributed by atoms with Gasteiger partial charge in [0, 0.05) is 18.6 Å². The molecular formula is C5H5BF3N2O2-. The highest BCUT2D eigenvalue weighted by atomic mass is 19.4. The van der Waals surface area contributed by atoms with Crippen molar-refractivity contribution in [2.45, 2.75) is 6.44 Å². The second-order valence-electron chi connectivity index (χ2n) is 2.47. The molecule has 0 fully saturated rings. The lowest BCUT2D eigenvalue weighted by Gasteiger charge is -2.14. The second kappa shape index (κ2) is 3.12. The molecule has 1 aromatic heterocycles. The molecule has 0 atom stereocenters. The molecule has 72 valence electrons. The number of aromatic nitrogens is 2. The van der Waals surface area contributed by atoms with Crippen molar-refractivity contribution in [3.63, 3.8) is 0 Å². The predicted octanol–water partition coefficient (Wildman–Crippen LogP) is -0.0768. The Hall–Kier alpha value is -1.47. The van der Waals surface area contributed by atoms with Gasteiger partial charge in [-0.25, -0.2) is 0 Å². The second-order valence-corrected chi connectivity index (χ2v) is 2.47. The van der Waals surface area contributed by atoms with Crippen molar-refractivity contribution in [2.24, 2.45) is 0 Å². The number of nitrogens with one attached hydrogen (secondary N) is 1. The molecule has 13 heavy (non-hydrogen) atoms. The van der Waals surface area contributed by atoms with E-state index in [4.69, 9.17) is 0 Å².